The van der Waals surface area contributed by atoms with E-state index in [0.717, 1.165) is 12.8 Å². The molecule has 0 aliphatic rings. The summed E-state index contributed by atoms with van der Waals surface area (Å²) in [6, 6.07) is 0. The number of allylic oxidation sites excluding steroid dienone is 5. The Labute approximate surface area is 77.5 Å². The minimum atomic E-state index is 0.335. The molecule has 12 heavy (non-hydrogen) atoms. The van der Waals surface area contributed by atoms with Gasteiger partial charge in [-0.1, -0.05) is 62.5 Å². The van der Waals surface area contributed by atoms with Crippen molar-refractivity contribution in [3.63, 3.8) is 0 Å². The van der Waals surface area contributed by atoms with Crippen LogP contribution in [0.4, 0.5) is 0 Å². The Morgan fingerprint density at radius 3 is 2.67 bits per heavy atom. The summed E-state index contributed by atoms with van der Waals surface area (Å²) < 4.78 is 0. The van der Waals surface area contributed by atoms with Gasteiger partial charge < -0.3 is 0 Å². The Morgan fingerprint density at radius 2 is 2.08 bits per heavy atom. The molecule has 0 aromatic carbocycles. The van der Waals surface area contributed by atoms with Gasteiger partial charge in [-0.25, -0.2) is 0 Å². The van der Waals surface area contributed by atoms with E-state index in [4.69, 9.17) is 7.85 Å². The van der Waals surface area contributed by atoms with E-state index in [0.29, 0.717) is 5.82 Å². The average molecular weight is 160 g/mol. The molecule has 64 valence electrons. The summed E-state index contributed by atoms with van der Waals surface area (Å²) in [6.45, 7) is 5.62. The van der Waals surface area contributed by atoms with Gasteiger partial charge in [0, 0.05) is 0 Å². The summed E-state index contributed by atoms with van der Waals surface area (Å²) in [5.74, 6) is 0.335. The van der Waals surface area contributed by atoms with E-state index in [1.165, 1.54) is 6.42 Å². The van der Waals surface area contributed by atoms with Gasteiger partial charge in [0.1, 0.15) is 0 Å². The van der Waals surface area contributed by atoms with Crippen LogP contribution in [0.3, 0.4) is 0 Å². The quantitative estimate of drug-likeness (QED) is 0.317. The number of hydrogen-bond donors (Lipinski definition) is 0. The van der Waals surface area contributed by atoms with E-state index in [2.05, 4.69) is 12.7 Å². The maximum atomic E-state index is 5.60. The maximum Gasteiger partial charge on any atom is 0.0695 e. The van der Waals surface area contributed by atoms with Crippen LogP contribution in [-0.2, 0) is 0 Å². The van der Waals surface area contributed by atoms with Gasteiger partial charge in [0.15, 0.2) is 0 Å². The Morgan fingerprint density at radius 1 is 1.33 bits per heavy atom. The molecule has 0 aliphatic heterocycles. The van der Waals surface area contributed by atoms with Crippen LogP contribution in [0.25, 0.3) is 0 Å². The highest BCUT2D eigenvalue weighted by Crippen LogP contribution is 2.08. The minimum absolute atomic E-state index is 0.335. The van der Waals surface area contributed by atoms with E-state index >= 15 is 0 Å². The zero-order valence-corrected chi connectivity index (χ0v) is 7.87. The monoisotopic (exact) mass is 160 g/mol. The van der Waals surface area contributed by atoms with Crippen LogP contribution in [0.15, 0.2) is 37.0 Å². The maximum absolute atomic E-state index is 5.60. The lowest BCUT2D eigenvalue weighted by Crippen LogP contribution is -1.83. The zero-order valence-electron chi connectivity index (χ0n) is 7.87. The Hall–Kier alpha value is -0.715. The molecule has 0 saturated carbocycles. The van der Waals surface area contributed by atoms with Gasteiger partial charge in [0.25, 0.3) is 0 Å². The first-order valence-electron chi connectivity index (χ1n) is 4.47. The molecule has 0 amide bonds. The van der Waals surface area contributed by atoms with Gasteiger partial charge in [-0.15, -0.1) is 0 Å². The molecule has 0 rings (SSSR count). The van der Waals surface area contributed by atoms with Gasteiger partial charge >= 0.3 is 0 Å². The smallest absolute Gasteiger partial charge is 0.0695 e. The van der Waals surface area contributed by atoms with Gasteiger partial charge in [-0.2, -0.15) is 0 Å². The van der Waals surface area contributed by atoms with Crippen LogP contribution >= 0.6 is 0 Å². The third-order valence-electron chi connectivity index (χ3n) is 1.52. The summed E-state index contributed by atoms with van der Waals surface area (Å²) in [7, 11) is 5.60. The van der Waals surface area contributed by atoms with Crippen LogP contribution in [0.2, 0.25) is 5.82 Å². The highest BCUT2D eigenvalue weighted by molar-refractivity contribution is 6.11. The molecule has 2 radical (unpaired) electrons. The lowest BCUT2D eigenvalue weighted by Gasteiger charge is -2.00. The molecule has 0 heterocycles. The number of rotatable bonds is 6. The predicted octanol–water partition coefficient (Wildman–Crippen LogP) is 3.43. The summed E-state index contributed by atoms with van der Waals surface area (Å²) >= 11 is 0. The normalized spacial score (nSPS) is 14.1. The van der Waals surface area contributed by atoms with Crippen molar-refractivity contribution in [2.45, 2.75) is 32.0 Å². The molecule has 0 bridgehead atoms. The van der Waals surface area contributed by atoms with Crippen LogP contribution < -0.4 is 0 Å². The Balaban J connectivity index is 3.24. The summed E-state index contributed by atoms with van der Waals surface area (Å²) in [6.07, 6.45) is 13.3. The van der Waals surface area contributed by atoms with Crippen LogP contribution in [-0.4, -0.2) is 7.85 Å². The molecule has 1 unspecified atom stereocenters. The Bertz CT molecular complexity index is 154. The molecule has 0 N–H and O–H groups in total. The number of unbranched alkanes of at least 4 members (excludes halogenated alkanes) is 1. The lowest BCUT2D eigenvalue weighted by molar-refractivity contribution is 0.727. The van der Waals surface area contributed by atoms with Crippen LogP contribution in [0.5, 0.6) is 0 Å². The first-order chi connectivity index (χ1) is 5.77. The number of hydrogen-bond acceptors (Lipinski definition) is 0. The highest BCUT2D eigenvalue weighted by atomic mass is 13.9. The van der Waals surface area contributed by atoms with Crippen molar-refractivity contribution in [1.82, 2.24) is 0 Å². The molecular weight excluding hydrogens is 143 g/mol. The first-order valence-corrected chi connectivity index (χ1v) is 4.47. The summed E-state index contributed by atoms with van der Waals surface area (Å²) in [4.78, 5) is 0. The second kappa shape index (κ2) is 8.38. The van der Waals surface area contributed by atoms with Crippen molar-refractivity contribution in [2.75, 3.05) is 0 Å². The summed E-state index contributed by atoms with van der Waals surface area (Å²) in [5.41, 5.74) is 0. The SMILES string of the molecule is [B]C(C)CCC/C=C\C=C/C=C. The average Bonchev–Trinajstić information content (AvgIpc) is 2.02. The lowest BCUT2D eigenvalue weighted by atomic mass is 9.85. The highest BCUT2D eigenvalue weighted by Gasteiger charge is 1.90. The summed E-state index contributed by atoms with van der Waals surface area (Å²) in [5, 5.41) is 0. The molecule has 0 saturated heterocycles. The molecule has 0 aromatic rings. The fourth-order valence-electron chi connectivity index (χ4n) is 0.875. The molecule has 0 spiro atoms. The van der Waals surface area contributed by atoms with E-state index < -0.39 is 0 Å². The van der Waals surface area contributed by atoms with Crippen molar-refractivity contribution in [3.05, 3.63) is 37.0 Å². The van der Waals surface area contributed by atoms with Gasteiger partial charge in [-0.3, -0.25) is 0 Å². The molecule has 0 aliphatic carbocycles. The van der Waals surface area contributed by atoms with Crippen molar-refractivity contribution in [3.8, 4) is 0 Å². The second-order valence-corrected chi connectivity index (χ2v) is 2.96. The van der Waals surface area contributed by atoms with Gasteiger partial charge in [0.2, 0.25) is 0 Å². The topological polar surface area (TPSA) is 0 Å². The second-order valence-electron chi connectivity index (χ2n) is 2.96. The van der Waals surface area contributed by atoms with Crippen LogP contribution in [0, 0.1) is 0 Å². The van der Waals surface area contributed by atoms with Gasteiger partial charge in [0.05, 0.1) is 7.85 Å². The third-order valence-corrected chi connectivity index (χ3v) is 1.52. The molecule has 1 heteroatoms. The third kappa shape index (κ3) is 9.28. The molecule has 0 aromatic heterocycles. The minimum Gasteiger partial charge on any atom is -0.0991 e. The van der Waals surface area contributed by atoms with E-state index in [9.17, 15) is 0 Å². The van der Waals surface area contributed by atoms with E-state index in [1.807, 2.05) is 25.2 Å². The van der Waals surface area contributed by atoms with Gasteiger partial charge in [-0.05, 0) is 6.42 Å². The van der Waals surface area contributed by atoms with Crippen molar-refractivity contribution >= 4 is 7.85 Å². The fraction of sp³-hybridized carbons (Fsp3) is 0.455. The van der Waals surface area contributed by atoms with E-state index in [-0.39, 0.29) is 0 Å². The van der Waals surface area contributed by atoms with Crippen molar-refractivity contribution < 1.29 is 0 Å². The largest absolute Gasteiger partial charge is 0.0991 e. The molecule has 1 atom stereocenters. The first kappa shape index (κ1) is 11.3. The molecule has 0 nitrogen and oxygen atoms in total. The predicted molar refractivity (Wildman–Crippen MR) is 57.5 cm³/mol. The van der Waals surface area contributed by atoms with Crippen molar-refractivity contribution in [2.24, 2.45) is 0 Å². The standard InChI is InChI=1S/C11H17B/c1-3-4-5-6-7-8-9-10-11(2)12/h3-7,11H,1,8-10H2,2H3/b5-4-,7-6-. The Kier molecular flexibility index (Phi) is 7.88. The fourth-order valence-corrected chi connectivity index (χ4v) is 0.875. The van der Waals surface area contributed by atoms with E-state index in [1.54, 1.807) is 6.08 Å². The molecule has 0 fully saturated rings. The van der Waals surface area contributed by atoms with Crippen LogP contribution in [0.1, 0.15) is 26.2 Å². The molecular formula is C11H17B. The zero-order chi connectivity index (χ0) is 9.23. The van der Waals surface area contributed by atoms with Crippen molar-refractivity contribution in [1.29, 1.82) is 0 Å².